The van der Waals surface area contributed by atoms with Crippen LogP contribution in [0.1, 0.15) is 35.9 Å². The van der Waals surface area contributed by atoms with Gasteiger partial charge in [-0.25, -0.2) is 9.78 Å². The Hall–Kier alpha value is -1.69. The van der Waals surface area contributed by atoms with E-state index in [1.54, 1.807) is 6.92 Å². The van der Waals surface area contributed by atoms with Crippen LogP contribution in [0.15, 0.2) is 11.0 Å². The van der Waals surface area contributed by atoms with Gasteiger partial charge < -0.3 is 14.5 Å². The lowest BCUT2D eigenvalue weighted by Crippen LogP contribution is -2.23. The molecule has 6 nitrogen and oxygen atoms in total. The Labute approximate surface area is 104 Å². The maximum Gasteiger partial charge on any atom is 0.345 e. The zero-order valence-corrected chi connectivity index (χ0v) is 10.3. The van der Waals surface area contributed by atoms with E-state index in [4.69, 9.17) is 9.47 Å². The molecule has 2 rings (SSSR count). The molecule has 0 amide bonds. The lowest BCUT2D eigenvalue weighted by atomic mass is 10.2. The first-order chi connectivity index (χ1) is 8.70. The van der Waals surface area contributed by atoms with E-state index in [1.807, 2.05) is 0 Å². The molecule has 18 heavy (non-hydrogen) atoms. The number of esters is 1. The molecule has 0 radical (unpaired) electrons. The van der Waals surface area contributed by atoms with E-state index in [9.17, 15) is 9.59 Å². The molecule has 1 N–H and O–H groups in total. The minimum Gasteiger partial charge on any atom is -0.462 e. The molecular formula is C12H16N2O4. The largest absolute Gasteiger partial charge is 0.462 e. The van der Waals surface area contributed by atoms with E-state index in [-0.39, 0.29) is 18.3 Å². The van der Waals surface area contributed by atoms with E-state index >= 15 is 0 Å². The van der Waals surface area contributed by atoms with E-state index < -0.39 is 11.5 Å². The molecule has 0 saturated carbocycles. The minimum atomic E-state index is -0.644. The highest BCUT2D eigenvalue weighted by Gasteiger charge is 2.18. The van der Waals surface area contributed by atoms with Crippen LogP contribution >= 0.6 is 0 Å². The lowest BCUT2D eigenvalue weighted by Gasteiger charge is -2.08. The summed E-state index contributed by atoms with van der Waals surface area (Å²) in [5.74, 6) is -0.102. The van der Waals surface area contributed by atoms with Gasteiger partial charge in [-0.2, -0.15) is 0 Å². The number of ether oxygens (including phenoxy) is 2. The summed E-state index contributed by atoms with van der Waals surface area (Å²) in [6.45, 7) is 2.68. The van der Waals surface area contributed by atoms with E-state index in [2.05, 4.69) is 9.97 Å². The fourth-order valence-corrected chi connectivity index (χ4v) is 1.91. The average Bonchev–Trinajstić information content (AvgIpc) is 2.82. The molecular weight excluding hydrogens is 236 g/mol. The summed E-state index contributed by atoms with van der Waals surface area (Å²) >= 11 is 0. The maximum atomic E-state index is 11.7. The summed E-state index contributed by atoms with van der Waals surface area (Å²) in [7, 11) is 0. The van der Waals surface area contributed by atoms with Crippen molar-refractivity contribution in [2.24, 2.45) is 0 Å². The van der Waals surface area contributed by atoms with Crippen molar-refractivity contribution in [3.63, 3.8) is 0 Å². The summed E-state index contributed by atoms with van der Waals surface area (Å²) in [5, 5.41) is 0. The van der Waals surface area contributed by atoms with Crippen molar-refractivity contribution in [2.45, 2.75) is 32.3 Å². The van der Waals surface area contributed by atoms with Gasteiger partial charge in [-0.1, -0.05) is 0 Å². The number of hydrogen-bond donors (Lipinski definition) is 1. The minimum absolute atomic E-state index is 0.0621. The predicted molar refractivity (Wildman–Crippen MR) is 63.5 cm³/mol. The van der Waals surface area contributed by atoms with Crippen molar-refractivity contribution in [2.75, 3.05) is 13.2 Å². The molecule has 1 unspecified atom stereocenters. The second kappa shape index (κ2) is 5.77. The Morgan fingerprint density at radius 2 is 2.50 bits per heavy atom. The van der Waals surface area contributed by atoms with Gasteiger partial charge in [-0.15, -0.1) is 0 Å². The molecule has 2 heterocycles. The van der Waals surface area contributed by atoms with Crippen molar-refractivity contribution in [3.8, 4) is 0 Å². The van der Waals surface area contributed by atoms with Gasteiger partial charge in [-0.3, -0.25) is 4.79 Å². The molecule has 98 valence electrons. The van der Waals surface area contributed by atoms with Gasteiger partial charge in [0.05, 0.1) is 12.7 Å². The molecule has 1 aromatic rings. The quantitative estimate of drug-likeness (QED) is 0.796. The van der Waals surface area contributed by atoms with Gasteiger partial charge in [0, 0.05) is 19.2 Å². The number of aromatic nitrogens is 2. The third kappa shape index (κ3) is 2.95. The zero-order chi connectivity index (χ0) is 13.0. The van der Waals surface area contributed by atoms with Crippen LogP contribution < -0.4 is 5.56 Å². The highest BCUT2D eigenvalue weighted by molar-refractivity contribution is 5.88. The van der Waals surface area contributed by atoms with Gasteiger partial charge in [0.15, 0.2) is 0 Å². The number of nitrogens with one attached hydrogen (secondary N) is 1. The highest BCUT2D eigenvalue weighted by Crippen LogP contribution is 2.14. The topological polar surface area (TPSA) is 81.3 Å². The van der Waals surface area contributed by atoms with Crippen LogP contribution in [0.25, 0.3) is 0 Å². The molecule has 1 aromatic heterocycles. The van der Waals surface area contributed by atoms with Gasteiger partial charge in [-0.05, 0) is 19.8 Å². The van der Waals surface area contributed by atoms with Gasteiger partial charge in [0.1, 0.15) is 11.4 Å². The summed E-state index contributed by atoms with van der Waals surface area (Å²) in [6, 6.07) is 0. The van der Waals surface area contributed by atoms with Crippen molar-refractivity contribution in [1.29, 1.82) is 0 Å². The van der Waals surface area contributed by atoms with Gasteiger partial charge >= 0.3 is 5.97 Å². The third-order valence-corrected chi connectivity index (χ3v) is 2.79. The van der Waals surface area contributed by atoms with Crippen molar-refractivity contribution in [1.82, 2.24) is 9.97 Å². The smallest absolute Gasteiger partial charge is 0.345 e. The fourth-order valence-electron chi connectivity index (χ4n) is 1.91. The summed E-state index contributed by atoms with van der Waals surface area (Å²) in [6.07, 6.45) is 3.96. The fraction of sp³-hybridized carbons (Fsp3) is 0.583. The first-order valence-electron chi connectivity index (χ1n) is 6.07. The average molecular weight is 252 g/mol. The van der Waals surface area contributed by atoms with Crippen molar-refractivity contribution >= 4 is 5.97 Å². The predicted octanol–water partition coefficient (Wildman–Crippen LogP) is 0.668. The number of hydrogen-bond acceptors (Lipinski definition) is 5. The molecule has 1 fully saturated rings. The second-order valence-electron chi connectivity index (χ2n) is 4.13. The number of H-pyrrole nitrogens is 1. The van der Waals surface area contributed by atoms with Crippen LogP contribution in [-0.2, 0) is 15.9 Å². The Balaban J connectivity index is 2.09. The monoisotopic (exact) mass is 252 g/mol. The Morgan fingerprint density at radius 3 is 3.11 bits per heavy atom. The lowest BCUT2D eigenvalue weighted by molar-refractivity contribution is 0.0523. The van der Waals surface area contributed by atoms with Crippen LogP contribution in [0.2, 0.25) is 0 Å². The second-order valence-corrected chi connectivity index (χ2v) is 4.13. The van der Waals surface area contributed by atoms with Crippen LogP contribution in [-0.4, -0.2) is 35.3 Å². The first kappa shape index (κ1) is 12.8. The molecule has 0 spiro atoms. The number of carbonyl (C=O) groups excluding carboxylic acids is 1. The molecule has 0 bridgehead atoms. The molecule has 0 aromatic carbocycles. The Kier molecular flexibility index (Phi) is 4.09. The SMILES string of the molecule is CCOC(=O)c1cnc(CC2CCCO2)[nH]c1=O. The first-order valence-corrected chi connectivity index (χ1v) is 6.07. The van der Waals surface area contributed by atoms with Crippen molar-refractivity contribution in [3.05, 3.63) is 27.9 Å². The van der Waals surface area contributed by atoms with E-state index in [1.165, 1.54) is 6.20 Å². The molecule has 1 aliphatic heterocycles. The van der Waals surface area contributed by atoms with Crippen LogP contribution in [0.5, 0.6) is 0 Å². The maximum absolute atomic E-state index is 11.7. The summed E-state index contributed by atoms with van der Waals surface area (Å²) < 4.78 is 10.2. The highest BCUT2D eigenvalue weighted by atomic mass is 16.5. The third-order valence-electron chi connectivity index (χ3n) is 2.79. The Bertz CT molecular complexity index is 477. The van der Waals surface area contributed by atoms with Crippen LogP contribution in [0.3, 0.4) is 0 Å². The van der Waals surface area contributed by atoms with Crippen LogP contribution in [0.4, 0.5) is 0 Å². The molecule has 0 aliphatic carbocycles. The molecule has 6 heteroatoms. The Morgan fingerprint density at radius 1 is 1.67 bits per heavy atom. The molecule has 1 aliphatic rings. The number of nitrogens with zero attached hydrogens (tertiary/aromatic N) is 1. The molecule has 1 atom stereocenters. The number of aromatic amines is 1. The normalized spacial score (nSPS) is 18.8. The standard InChI is InChI=1S/C12H16N2O4/c1-2-17-12(16)9-7-13-10(14-11(9)15)6-8-4-3-5-18-8/h7-8H,2-6H2,1H3,(H,13,14,15). The summed E-state index contributed by atoms with van der Waals surface area (Å²) in [5.41, 5.74) is -0.524. The van der Waals surface area contributed by atoms with E-state index in [0.29, 0.717) is 12.2 Å². The van der Waals surface area contributed by atoms with Gasteiger partial charge in [0.25, 0.3) is 5.56 Å². The number of carbonyl (C=O) groups is 1. The van der Waals surface area contributed by atoms with Crippen molar-refractivity contribution < 1.29 is 14.3 Å². The number of rotatable bonds is 4. The molecule has 1 saturated heterocycles. The zero-order valence-electron chi connectivity index (χ0n) is 10.3. The van der Waals surface area contributed by atoms with E-state index in [0.717, 1.165) is 19.4 Å². The van der Waals surface area contributed by atoms with Gasteiger partial charge in [0.2, 0.25) is 0 Å². The van der Waals surface area contributed by atoms with Crippen LogP contribution in [0, 0.1) is 0 Å². The summed E-state index contributed by atoms with van der Waals surface area (Å²) in [4.78, 5) is 29.8.